The van der Waals surface area contributed by atoms with E-state index in [1.807, 2.05) is 25.1 Å². The molecule has 0 radical (unpaired) electrons. The zero-order chi connectivity index (χ0) is 22.9. The van der Waals surface area contributed by atoms with Gasteiger partial charge in [0.15, 0.2) is 11.5 Å². The van der Waals surface area contributed by atoms with Crippen molar-refractivity contribution in [2.75, 3.05) is 27.9 Å². The standard InChI is InChI=1S/C23H29NO6S/c1-14-9-15(2)23(16(3)10-14)31(26,27)24-8-7-17-11-20(28-4)21(29-5)12-18(17)19(24)13-22(25)30-6/h9-12,19H,7-8,13H2,1-6H3. The number of esters is 1. The van der Waals surface area contributed by atoms with Crippen molar-refractivity contribution in [3.63, 3.8) is 0 Å². The zero-order valence-electron chi connectivity index (χ0n) is 18.8. The van der Waals surface area contributed by atoms with E-state index in [2.05, 4.69) is 0 Å². The van der Waals surface area contributed by atoms with E-state index in [0.717, 1.165) is 16.7 Å². The van der Waals surface area contributed by atoms with Crippen LogP contribution in [-0.2, 0) is 26.0 Å². The van der Waals surface area contributed by atoms with Crippen LogP contribution in [0.2, 0.25) is 0 Å². The van der Waals surface area contributed by atoms with Gasteiger partial charge in [-0.1, -0.05) is 17.7 Å². The third-order valence-corrected chi connectivity index (χ3v) is 7.93. The number of methoxy groups -OCH3 is 3. The lowest BCUT2D eigenvalue weighted by atomic mass is 9.91. The zero-order valence-corrected chi connectivity index (χ0v) is 19.6. The highest BCUT2D eigenvalue weighted by Gasteiger charge is 2.39. The van der Waals surface area contributed by atoms with Gasteiger partial charge in [0.2, 0.25) is 10.0 Å². The first-order chi connectivity index (χ1) is 14.6. The minimum Gasteiger partial charge on any atom is -0.493 e. The lowest BCUT2D eigenvalue weighted by Crippen LogP contribution is -2.41. The number of carbonyl (C=O) groups is 1. The Hall–Kier alpha value is -2.58. The summed E-state index contributed by atoms with van der Waals surface area (Å²) in [6.07, 6.45) is 0.402. The van der Waals surface area contributed by atoms with Crippen molar-refractivity contribution < 1.29 is 27.4 Å². The summed E-state index contributed by atoms with van der Waals surface area (Å²) >= 11 is 0. The number of sulfonamides is 1. The predicted molar refractivity (Wildman–Crippen MR) is 117 cm³/mol. The maximum atomic E-state index is 13.8. The molecule has 1 aliphatic rings. The van der Waals surface area contributed by atoms with Gasteiger partial charge >= 0.3 is 5.97 Å². The van der Waals surface area contributed by atoms with Crippen molar-refractivity contribution in [3.8, 4) is 11.5 Å². The molecule has 0 amide bonds. The number of benzene rings is 2. The van der Waals surface area contributed by atoms with Crippen molar-refractivity contribution in [1.82, 2.24) is 4.31 Å². The maximum Gasteiger partial charge on any atom is 0.307 e. The van der Waals surface area contributed by atoms with Crippen LogP contribution in [0.15, 0.2) is 29.2 Å². The molecule has 0 saturated heterocycles. The fourth-order valence-electron chi connectivity index (χ4n) is 4.44. The summed E-state index contributed by atoms with van der Waals surface area (Å²) in [5, 5.41) is 0. The van der Waals surface area contributed by atoms with Gasteiger partial charge in [0.1, 0.15) is 0 Å². The van der Waals surface area contributed by atoms with Crippen LogP contribution in [0.5, 0.6) is 11.5 Å². The second-order valence-electron chi connectivity index (χ2n) is 7.80. The molecule has 2 aromatic rings. The molecular formula is C23H29NO6S. The van der Waals surface area contributed by atoms with Gasteiger partial charge in [-0.25, -0.2) is 8.42 Å². The van der Waals surface area contributed by atoms with E-state index in [1.165, 1.54) is 18.5 Å². The van der Waals surface area contributed by atoms with E-state index in [0.29, 0.717) is 29.0 Å². The minimum atomic E-state index is -3.87. The quantitative estimate of drug-likeness (QED) is 0.631. The van der Waals surface area contributed by atoms with Crippen LogP contribution in [-0.4, -0.2) is 46.6 Å². The summed E-state index contributed by atoms with van der Waals surface area (Å²) in [6.45, 7) is 5.79. The van der Waals surface area contributed by atoms with Crippen LogP contribution >= 0.6 is 0 Å². The SMILES string of the molecule is COC(=O)CC1c2cc(OC)c(OC)cc2CCN1S(=O)(=O)c1c(C)cc(C)cc1C. The molecule has 1 heterocycles. The Labute approximate surface area is 184 Å². The molecule has 3 rings (SSSR count). The third-order valence-electron chi connectivity index (χ3n) is 5.71. The highest BCUT2D eigenvalue weighted by atomic mass is 32.2. The van der Waals surface area contributed by atoms with Crippen LogP contribution in [0.3, 0.4) is 0 Å². The number of rotatable bonds is 6. The van der Waals surface area contributed by atoms with Crippen LogP contribution in [0.25, 0.3) is 0 Å². The van der Waals surface area contributed by atoms with E-state index >= 15 is 0 Å². The summed E-state index contributed by atoms with van der Waals surface area (Å²) < 4.78 is 44.8. The topological polar surface area (TPSA) is 82.1 Å². The van der Waals surface area contributed by atoms with Crippen molar-refractivity contribution in [1.29, 1.82) is 0 Å². The number of ether oxygens (including phenoxy) is 3. The Morgan fingerprint density at radius 2 is 1.58 bits per heavy atom. The second-order valence-corrected chi connectivity index (χ2v) is 9.62. The Morgan fingerprint density at radius 3 is 2.13 bits per heavy atom. The van der Waals surface area contributed by atoms with Crippen molar-refractivity contribution in [2.45, 2.75) is 44.6 Å². The average molecular weight is 448 g/mol. The van der Waals surface area contributed by atoms with Gasteiger partial charge in [-0.3, -0.25) is 4.79 Å². The summed E-state index contributed by atoms with van der Waals surface area (Å²) in [6, 6.07) is 6.63. The molecule has 0 spiro atoms. The van der Waals surface area contributed by atoms with Crippen LogP contribution < -0.4 is 9.47 Å². The fourth-order valence-corrected chi connectivity index (χ4v) is 6.46. The predicted octanol–water partition coefficient (Wildman–Crippen LogP) is 3.48. The normalized spacial score (nSPS) is 16.5. The number of fused-ring (bicyclic) bond motifs is 1. The van der Waals surface area contributed by atoms with Gasteiger partial charge in [0.25, 0.3) is 0 Å². The first-order valence-corrected chi connectivity index (χ1v) is 11.5. The first kappa shape index (κ1) is 23.1. The summed E-state index contributed by atoms with van der Waals surface area (Å²) in [5.74, 6) is 0.572. The number of hydrogen-bond acceptors (Lipinski definition) is 6. The van der Waals surface area contributed by atoms with Gasteiger partial charge in [-0.2, -0.15) is 4.31 Å². The number of nitrogens with zero attached hydrogens (tertiary/aromatic N) is 1. The molecule has 2 aromatic carbocycles. The molecule has 1 aliphatic heterocycles. The van der Waals surface area contributed by atoms with Gasteiger partial charge in [0, 0.05) is 6.54 Å². The summed E-state index contributed by atoms with van der Waals surface area (Å²) in [7, 11) is 0.510. The maximum absolute atomic E-state index is 13.8. The molecule has 0 fully saturated rings. The van der Waals surface area contributed by atoms with Crippen LogP contribution in [0, 0.1) is 20.8 Å². The van der Waals surface area contributed by atoms with E-state index in [1.54, 1.807) is 27.0 Å². The average Bonchev–Trinajstić information content (AvgIpc) is 2.71. The number of carbonyl (C=O) groups excluding carboxylic acids is 1. The molecule has 31 heavy (non-hydrogen) atoms. The smallest absolute Gasteiger partial charge is 0.307 e. The van der Waals surface area contributed by atoms with E-state index in [-0.39, 0.29) is 17.9 Å². The minimum absolute atomic E-state index is 0.0951. The molecule has 7 nitrogen and oxygen atoms in total. The van der Waals surface area contributed by atoms with E-state index in [4.69, 9.17) is 14.2 Å². The Balaban J connectivity index is 2.18. The van der Waals surface area contributed by atoms with E-state index in [9.17, 15) is 13.2 Å². The summed E-state index contributed by atoms with van der Waals surface area (Å²) in [5.41, 5.74) is 4.02. The lowest BCUT2D eigenvalue weighted by Gasteiger charge is -2.37. The van der Waals surface area contributed by atoms with Crippen molar-refractivity contribution in [2.24, 2.45) is 0 Å². The molecule has 0 bridgehead atoms. The lowest BCUT2D eigenvalue weighted by molar-refractivity contribution is -0.141. The molecular weight excluding hydrogens is 418 g/mol. The van der Waals surface area contributed by atoms with Gasteiger partial charge in [-0.15, -0.1) is 0 Å². The van der Waals surface area contributed by atoms with Gasteiger partial charge in [-0.05, 0) is 61.6 Å². The number of aryl methyl sites for hydroxylation is 3. The molecule has 0 aromatic heterocycles. The summed E-state index contributed by atoms with van der Waals surface area (Å²) in [4.78, 5) is 12.5. The number of hydrogen-bond donors (Lipinski definition) is 0. The highest BCUT2D eigenvalue weighted by molar-refractivity contribution is 7.89. The van der Waals surface area contributed by atoms with E-state index < -0.39 is 22.0 Å². The molecule has 8 heteroatoms. The van der Waals surface area contributed by atoms with Gasteiger partial charge < -0.3 is 14.2 Å². The molecule has 0 saturated carbocycles. The largest absolute Gasteiger partial charge is 0.493 e. The third kappa shape index (κ3) is 4.27. The fraction of sp³-hybridized carbons (Fsp3) is 0.435. The molecule has 0 aliphatic carbocycles. The first-order valence-electron chi connectivity index (χ1n) is 10.0. The van der Waals surface area contributed by atoms with Crippen molar-refractivity contribution in [3.05, 3.63) is 52.1 Å². The van der Waals surface area contributed by atoms with Crippen LogP contribution in [0.4, 0.5) is 0 Å². The molecule has 0 N–H and O–H groups in total. The monoisotopic (exact) mass is 447 g/mol. The Kier molecular flexibility index (Phi) is 6.62. The van der Waals surface area contributed by atoms with Crippen LogP contribution in [0.1, 0.15) is 40.3 Å². The Bertz CT molecular complexity index is 1090. The molecule has 1 atom stereocenters. The highest BCUT2D eigenvalue weighted by Crippen LogP contribution is 2.42. The van der Waals surface area contributed by atoms with Gasteiger partial charge in [0.05, 0.1) is 38.7 Å². The second kappa shape index (κ2) is 8.88. The molecule has 168 valence electrons. The molecule has 1 unspecified atom stereocenters. The Morgan fingerprint density at radius 1 is 1.00 bits per heavy atom. The van der Waals surface area contributed by atoms with Crippen molar-refractivity contribution >= 4 is 16.0 Å².